The molecule has 3 aromatic carbocycles. The summed E-state index contributed by atoms with van der Waals surface area (Å²) in [5.74, 6) is -3.32. The fourth-order valence-corrected chi connectivity index (χ4v) is 6.79. The molecular weight excluding hydrogens is 590 g/mol. The molecule has 0 unspecified atom stereocenters. The van der Waals surface area contributed by atoms with Crippen molar-refractivity contribution in [2.24, 2.45) is 11.1 Å². The molecule has 0 saturated carbocycles. The van der Waals surface area contributed by atoms with Crippen LogP contribution >= 0.6 is 34.8 Å². The Morgan fingerprint density at radius 1 is 1.05 bits per heavy atom. The van der Waals surface area contributed by atoms with E-state index in [4.69, 9.17) is 40.5 Å². The Bertz CT molecular complexity index is 1590. The van der Waals surface area contributed by atoms with E-state index in [-0.39, 0.29) is 32.5 Å². The van der Waals surface area contributed by atoms with Crippen molar-refractivity contribution in [2.45, 2.75) is 50.6 Å². The monoisotopic (exact) mass is 616 g/mol. The van der Waals surface area contributed by atoms with Crippen LogP contribution in [-0.2, 0) is 15.0 Å². The van der Waals surface area contributed by atoms with Gasteiger partial charge in [-0.15, -0.1) is 0 Å². The van der Waals surface area contributed by atoms with Crippen molar-refractivity contribution >= 4 is 63.9 Å². The van der Waals surface area contributed by atoms with Crippen LogP contribution in [0.4, 0.5) is 15.8 Å². The number of hydrogen-bond donors (Lipinski definition) is 4. The SMILES string of the molecule is CC(C)(C)C[C@H]1N[C@H](C(=O)Nc2ccc(C(N)=O)c(Cl)c2)[C@@H](c2cccc(Cl)c2F)[C@@]12C(=O)Nc1cc(Cl)ccc12. The van der Waals surface area contributed by atoms with Crippen LogP contribution in [-0.4, -0.2) is 29.8 Å². The van der Waals surface area contributed by atoms with Gasteiger partial charge in [-0.05, 0) is 59.4 Å². The number of fused-ring (bicyclic) bond motifs is 2. The minimum absolute atomic E-state index is 0.0650. The highest BCUT2D eigenvalue weighted by Crippen LogP contribution is 2.57. The summed E-state index contributed by atoms with van der Waals surface area (Å²) in [6.45, 7) is 6.09. The zero-order valence-corrected chi connectivity index (χ0v) is 24.7. The summed E-state index contributed by atoms with van der Waals surface area (Å²) in [5, 5.41) is 9.53. The molecule has 2 aliphatic heterocycles. The van der Waals surface area contributed by atoms with Gasteiger partial charge in [0.1, 0.15) is 11.2 Å². The molecule has 11 heteroatoms. The van der Waals surface area contributed by atoms with E-state index in [0.29, 0.717) is 28.4 Å². The summed E-state index contributed by atoms with van der Waals surface area (Å²) in [4.78, 5) is 39.8. The van der Waals surface area contributed by atoms with E-state index in [1.807, 2.05) is 20.8 Å². The van der Waals surface area contributed by atoms with E-state index >= 15 is 4.39 Å². The summed E-state index contributed by atoms with van der Waals surface area (Å²) in [5.41, 5.74) is 5.34. The third-order valence-corrected chi connectivity index (χ3v) is 8.56. The number of nitrogens with one attached hydrogen (secondary N) is 3. The molecule has 0 radical (unpaired) electrons. The number of halogens is 4. The van der Waals surface area contributed by atoms with Gasteiger partial charge in [-0.2, -0.15) is 0 Å². The van der Waals surface area contributed by atoms with Crippen molar-refractivity contribution in [3.05, 3.63) is 92.2 Å². The van der Waals surface area contributed by atoms with E-state index < -0.39 is 41.0 Å². The van der Waals surface area contributed by atoms with Gasteiger partial charge in [0.25, 0.3) is 0 Å². The topological polar surface area (TPSA) is 113 Å². The van der Waals surface area contributed by atoms with Crippen molar-refractivity contribution in [3.63, 3.8) is 0 Å². The lowest BCUT2D eigenvalue weighted by Gasteiger charge is -2.37. The van der Waals surface area contributed by atoms with Gasteiger partial charge in [0.2, 0.25) is 17.7 Å². The lowest BCUT2D eigenvalue weighted by molar-refractivity contribution is -0.122. The highest BCUT2D eigenvalue weighted by molar-refractivity contribution is 6.34. The first-order valence-electron chi connectivity index (χ1n) is 13.0. The Morgan fingerprint density at radius 3 is 2.44 bits per heavy atom. The van der Waals surface area contributed by atoms with Crippen molar-refractivity contribution in [3.8, 4) is 0 Å². The van der Waals surface area contributed by atoms with Crippen LogP contribution in [0.1, 0.15) is 54.6 Å². The lowest BCUT2D eigenvalue weighted by atomic mass is 9.62. The van der Waals surface area contributed by atoms with Crippen LogP contribution < -0.4 is 21.7 Å². The number of nitrogens with two attached hydrogens (primary N) is 1. The minimum atomic E-state index is -1.38. The fourth-order valence-electron chi connectivity index (χ4n) is 6.16. The first kappa shape index (κ1) is 29.3. The molecule has 7 nitrogen and oxygen atoms in total. The first-order chi connectivity index (χ1) is 19.2. The summed E-state index contributed by atoms with van der Waals surface area (Å²) >= 11 is 18.7. The maximum Gasteiger partial charge on any atom is 0.250 e. The van der Waals surface area contributed by atoms with Gasteiger partial charge in [-0.1, -0.05) is 73.8 Å². The normalized spacial score (nSPS) is 23.4. The summed E-state index contributed by atoms with van der Waals surface area (Å²) in [6, 6.07) is 12.3. The standard InChI is InChI=1S/C30H28Cl3FN4O3/c1-29(2,3)13-22-30(18-10-7-14(31)11-21(18)37-28(30)41)23(17-5-4-6-19(32)24(17)34)25(38-22)27(40)36-15-8-9-16(26(35)39)20(33)12-15/h4-12,22-23,25,38H,13H2,1-3H3,(H2,35,39)(H,36,40)(H,37,41)/t22-,23-,25+,30+/m1/s1. The largest absolute Gasteiger partial charge is 0.366 e. The van der Waals surface area contributed by atoms with Gasteiger partial charge < -0.3 is 21.7 Å². The molecule has 0 aromatic heterocycles. The van der Waals surface area contributed by atoms with E-state index in [2.05, 4.69) is 16.0 Å². The van der Waals surface area contributed by atoms with Crippen LogP contribution in [0.15, 0.2) is 54.6 Å². The Labute approximate surface area is 251 Å². The number of amides is 3. The molecule has 1 saturated heterocycles. The highest BCUT2D eigenvalue weighted by Gasteiger charge is 2.66. The molecule has 5 rings (SSSR count). The Kier molecular flexibility index (Phi) is 7.57. The number of anilines is 2. The number of benzene rings is 3. The van der Waals surface area contributed by atoms with Gasteiger partial charge in [-0.3, -0.25) is 14.4 Å². The van der Waals surface area contributed by atoms with Crippen molar-refractivity contribution in [1.29, 1.82) is 0 Å². The van der Waals surface area contributed by atoms with E-state index in [1.54, 1.807) is 30.3 Å². The summed E-state index contributed by atoms with van der Waals surface area (Å²) < 4.78 is 15.9. The third-order valence-electron chi connectivity index (χ3n) is 7.72. The number of carbonyl (C=O) groups is 3. The molecule has 2 heterocycles. The van der Waals surface area contributed by atoms with Crippen molar-refractivity contribution in [2.75, 3.05) is 10.6 Å². The van der Waals surface area contributed by atoms with E-state index in [1.165, 1.54) is 24.3 Å². The average molecular weight is 618 g/mol. The molecule has 5 N–H and O–H groups in total. The van der Waals surface area contributed by atoms with Gasteiger partial charge in [0.15, 0.2) is 0 Å². The van der Waals surface area contributed by atoms with Crippen LogP contribution in [0, 0.1) is 11.2 Å². The van der Waals surface area contributed by atoms with E-state index in [0.717, 1.165) is 0 Å². The Hall–Kier alpha value is -3.17. The maximum absolute atomic E-state index is 15.9. The molecule has 1 fully saturated rings. The summed E-state index contributed by atoms with van der Waals surface area (Å²) in [6.07, 6.45) is 0.476. The Balaban J connectivity index is 1.69. The molecule has 3 amide bonds. The van der Waals surface area contributed by atoms with Crippen LogP contribution in [0.3, 0.4) is 0 Å². The molecule has 41 heavy (non-hydrogen) atoms. The zero-order chi connectivity index (χ0) is 29.9. The molecule has 3 aromatic rings. The maximum atomic E-state index is 15.9. The lowest BCUT2D eigenvalue weighted by Crippen LogP contribution is -2.49. The second-order valence-electron chi connectivity index (χ2n) is 11.6. The highest BCUT2D eigenvalue weighted by atomic mass is 35.5. The van der Waals surface area contributed by atoms with Gasteiger partial charge >= 0.3 is 0 Å². The number of rotatable bonds is 5. The molecule has 0 aliphatic carbocycles. The summed E-state index contributed by atoms with van der Waals surface area (Å²) in [7, 11) is 0. The predicted molar refractivity (Wildman–Crippen MR) is 159 cm³/mol. The Morgan fingerprint density at radius 2 is 1.78 bits per heavy atom. The third kappa shape index (κ3) is 5.07. The quantitative estimate of drug-likeness (QED) is 0.270. The van der Waals surface area contributed by atoms with E-state index in [9.17, 15) is 14.4 Å². The average Bonchev–Trinajstić information content (AvgIpc) is 3.34. The van der Waals surface area contributed by atoms with Crippen LogP contribution in [0.25, 0.3) is 0 Å². The smallest absolute Gasteiger partial charge is 0.250 e. The van der Waals surface area contributed by atoms with Crippen molar-refractivity contribution < 1.29 is 18.8 Å². The molecule has 0 bridgehead atoms. The number of carbonyl (C=O) groups excluding carboxylic acids is 3. The fraction of sp³-hybridized carbons (Fsp3) is 0.300. The zero-order valence-electron chi connectivity index (χ0n) is 22.4. The predicted octanol–water partition coefficient (Wildman–Crippen LogP) is 6.27. The van der Waals surface area contributed by atoms with Gasteiger partial charge in [-0.25, -0.2) is 4.39 Å². The minimum Gasteiger partial charge on any atom is -0.366 e. The second-order valence-corrected chi connectivity index (χ2v) is 12.9. The van der Waals surface area contributed by atoms with Gasteiger partial charge in [0, 0.05) is 28.4 Å². The van der Waals surface area contributed by atoms with Crippen LogP contribution in [0.5, 0.6) is 0 Å². The second kappa shape index (κ2) is 10.6. The number of primary amides is 1. The molecular formula is C30H28Cl3FN4O3. The number of hydrogen-bond acceptors (Lipinski definition) is 4. The molecule has 1 spiro atoms. The molecule has 214 valence electrons. The van der Waals surface area contributed by atoms with Crippen LogP contribution in [0.2, 0.25) is 15.1 Å². The molecule has 2 aliphatic rings. The van der Waals surface area contributed by atoms with Gasteiger partial charge in [0.05, 0.1) is 21.7 Å². The molecule has 4 atom stereocenters. The first-order valence-corrected chi connectivity index (χ1v) is 14.1. The van der Waals surface area contributed by atoms with Crippen molar-refractivity contribution in [1.82, 2.24) is 5.32 Å².